The van der Waals surface area contributed by atoms with Gasteiger partial charge in [-0.15, -0.1) is 10.2 Å². The quantitative estimate of drug-likeness (QED) is 0.750. The van der Waals surface area contributed by atoms with E-state index in [1.165, 1.54) is 24.6 Å². The van der Waals surface area contributed by atoms with E-state index in [9.17, 15) is 4.79 Å². The minimum Gasteiger partial charge on any atom is -0.496 e. The van der Waals surface area contributed by atoms with Crippen LogP contribution >= 0.6 is 11.8 Å². The first-order chi connectivity index (χ1) is 11.3. The van der Waals surface area contributed by atoms with Gasteiger partial charge in [0, 0.05) is 12.6 Å². The molecular formula is C16H20N4O2S. The normalized spacial score (nSPS) is 13.8. The molecule has 0 saturated heterocycles. The lowest BCUT2D eigenvalue weighted by Crippen LogP contribution is -2.27. The minimum absolute atomic E-state index is 0.00949. The molecule has 0 atom stereocenters. The number of benzene rings is 1. The molecule has 1 heterocycles. The summed E-state index contributed by atoms with van der Waals surface area (Å²) in [5, 5.41) is 11.8. The summed E-state index contributed by atoms with van der Waals surface area (Å²) in [7, 11) is 1.66. The van der Waals surface area contributed by atoms with Crippen LogP contribution in [0.2, 0.25) is 0 Å². The van der Waals surface area contributed by atoms with Crippen molar-refractivity contribution in [1.82, 2.24) is 20.1 Å². The van der Waals surface area contributed by atoms with E-state index in [0.717, 1.165) is 22.9 Å². The highest BCUT2D eigenvalue weighted by Gasteiger charge is 2.26. The fourth-order valence-corrected chi connectivity index (χ4v) is 3.18. The summed E-state index contributed by atoms with van der Waals surface area (Å²) < 4.78 is 7.37. The molecule has 23 heavy (non-hydrogen) atoms. The third kappa shape index (κ3) is 4.25. The second kappa shape index (κ2) is 7.50. The van der Waals surface area contributed by atoms with Crippen LogP contribution in [-0.4, -0.2) is 40.1 Å². The number of ether oxygens (including phenoxy) is 1. The second-order valence-electron chi connectivity index (χ2n) is 5.45. The fraction of sp³-hybridized carbons (Fsp3) is 0.438. The molecule has 1 aromatic carbocycles. The van der Waals surface area contributed by atoms with E-state index in [0.29, 0.717) is 18.3 Å². The number of rotatable bonds is 8. The molecule has 1 saturated carbocycles. The molecule has 2 aromatic rings. The summed E-state index contributed by atoms with van der Waals surface area (Å²) in [6.07, 6.45) is 4.85. The van der Waals surface area contributed by atoms with Crippen molar-refractivity contribution in [2.75, 3.05) is 19.4 Å². The van der Waals surface area contributed by atoms with Crippen molar-refractivity contribution in [3.05, 3.63) is 36.2 Å². The molecule has 0 radical (unpaired) electrons. The van der Waals surface area contributed by atoms with Crippen LogP contribution in [0.4, 0.5) is 0 Å². The molecule has 0 unspecified atom stereocenters. The highest BCUT2D eigenvalue weighted by atomic mass is 32.2. The molecule has 0 spiro atoms. The Balaban J connectivity index is 1.42. The fourth-order valence-electron chi connectivity index (χ4n) is 2.37. The molecule has 3 rings (SSSR count). The molecule has 6 nitrogen and oxygen atoms in total. The molecule has 1 amide bonds. The van der Waals surface area contributed by atoms with Crippen molar-refractivity contribution in [3.63, 3.8) is 0 Å². The zero-order valence-corrected chi connectivity index (χ0v) is 13.9. The standard InChI is InChI=1S/C16H20N4O2S/c1-22-14-5-3-2-4-12(14)8-9-17-15(21)10-23-16-19-18-11-20(16)13-6-7-13/h2-5,11,13H,6-10H2,1H3,(H,17,21). The summed E-state index contributed by atoms with van der Waals surface area (Å²) in [4.78, 5) is 12.0. The molecule has 0 bridgehead atoms. The van der Waals surface area contributed by atoms with E-state index in [1.54, 1.807) is 13.4 Å². The van der Waals surface area contributed by atoms with Gasteiger partial charge in [-0.3, -0.25) is 4.79 Å². The summed E-state index contributed by atoms with van der Waals surface area (Å²) in [5.74, 6) is 1.22. The molecule has 7 heteroatoms. The Hall–Kier alpha value is -2.02. The Bertz CT molecular complexity index is 670. The van der Waals surface area contributed by atoms with Gasteiger partial charge in [-0.1, -0.05) is 30.0 Å². The zero-order valence-electron chi connectivity index (χ0n) is 13.1. The Kier molecular flexibility index (Phi) is 5.17. The first-order valence-electron chi connectivity index (χ1n) is 7.69. The van der Waals surface area contributed by atoms with Gasteiger partial charge in [0.15, 0.2) is 5.16 Å². The lowest BCUT2D eigenvalue weighted by Gasteiger charge is -2.09. The van der Waals surface area contributed by atoms with Crippen molar-refractivity contribution in [1.29, 1.82) is 0 Å². The van der Waals surface area contributed by atoms with Crippen LogP contribution in [0.3, 0.4) is 0 Å². The highest BCUT2D eigenvalue weighted by Crippen LogP contribution is 2.37. The van der Waals surface area contributed by atoms with Crippen LogP contribution < -0.4 is 10.1 Å². The molecule has 1 aromatic heterocycles. The number of nitrogens with zero attached hydrogens (tertiary/aromatic N) is 3. The van der Waals surface area contributed by atoms with Gasteiger partial charge < -0.3 is 14.6 Å². The first-order valence-corrected chi connectivity index (χ1v) is 8.67. The molecule has 1 fully saturated rings. The maximum Gasteiger partial charge on any atom is 0.230 e. The van der Waals surface area contributed by atoms with Gasteiger partial charge in [-0.05, 0) is 30.9 Å². The van der Waals surface area contributed by atoms with E-state index in [2.05, 4.69) is 20.1 Å². The van der Waals surface area contributed by atoms with Gasteiger partial charge in [0.05, 0.1) is 12.9 Å². The third-order valence-corrected chi connectivity index (χ3v) is 4.68. The number of hydrogen-bond acceptors (Lipinski definition) is 5. The van der Waals surface area contributed by atoms with Gasteiger partial charge in [0.25, 0.3) is 0 Å². The van der Waals surface area contributed by atoms with Gasteiger partial charge in [-0.2, -0.15) is 0 Å². The van der Waals surface area contributed by atoms with Crippen LogP contribution in [0.5, 0.6) is 5.75 Å². The largest absolute Gasteiger partial charge is 0.496 e. The smallest absolute Gasteiger partial charge is 0.230 e. The zero-order chi connectivity index (χ0) is 16.1. The van der Waals surface area contributed by atoms with Crippen LogP contribution in [0.15, 0.2) is 35.7 Å². The average molecular weight is 332 g/mol. The number of methoxy groups -OCH3 is 1. The third-order valence-electron chi connectivity index (χ3n) is 3.72. The average Bonchev–Trinajstić information content (AvgIpc) is 3.31. The van der Waals surface area contributed by atoms with E-state index in [-0.39, 0.29) is 5.91 Å². The molecule has 1 aliphatic carbocycles. The summed E-state index contributed by atoms with van der Waals surface area (Å²) in [5.41, 5.74) is 1.09. The monoisotopic (exact) mass is 332 g/mol. The summed E-state index contributed by atoms with van der Waals surface area (Å²) in [6, 6.07) is 8.38. The highest BCUT2D eigenvalue weighted by molar-refractivity contribution is 7.99. The topological polar surface area (TPSA) is 69.0 Å². The summed E-state index contributed by atoms with van der Waals surface area (Å²) >= 11 is 1.44. The van der Waals surface area contributed by atoms with Gasteiger partial charge >= 0.3 is 0 Å². The number of aromatic nitrogens is 3. The number of thioether (sulfide) groups is 1. The van der Waals surface area contributed by atoms with Crippen molar-refractivity contribution in [2.45, 2.75) is 30.5 Å². The SMILES string of the molecule is COc1ccccc1CCNC(=O)CSc1nncn1C1CC1. The predicted molar refractivity (Wildman–Crippen MR) is 88.7 cm³/mol. The Morgan fingerprint density at radius 3 is 3.04 bits per heavy atom. The van der Waals surface area contributed by atoms with E-state index in [4.69, 9.17) is 4.74 Å². The van der Waals surface area contributed by atoms with Crippen LogP contribution in [0, 0.1) is 0 Å². The number of para-hydroxylation sites is 1. The number of carbonyl (C=O) groups excluding carboxylic acids is 1. The predicted octanol–water partition coefficient (Wildman–Crippen LogP) is 2.07. The van der Waals surface area contributed by atoms with Crippen LogP contribution in [-0.2, 0) is 11.2 Å². The summed E-state index contributed by atoms with van der Waals surface area (Å²) in [6.45, 7) is 0.592. The van der Waals surface area contributed by atoms with E-state index < -0.39 is 0 Å². The Labute approximate surface area is 139 Å². The van der Waals surface area contributed by atoms with Crippen molar-refractivity contribution in [2.24, 2.45) is 0 Å². The van der Waals surface area contributed by atoms with Crippen molar-refractivity contribution >= 4 is 17.7 Å². The number of carbonyl (C=O) groups is 1. The van der Waals surface area contributed by atoms with Crippen LogP contribution in [0.1, 0.15) is 24.4 Å². The Morgan fingerprint density at radius 1 is 1.43 bits per heavy atom. The number of amides is 1. The number of hydrogen-bond donors (Lipinski definition) is 1. The van der Waals surface area contributed by atoms with Gasteiger partial charge in [0.2, 0.25) is 5.91 Å². The number of nitrogens with one attached hydrogen (secondary N) is 1. The van der Waals surface area contributed by atoms with Crippen molar-refractivity contribution in [3.8, 4) is 5.75 Å². The van der Waals surface area contributed by atoms with Crippen LogP contribution in [0.25, 0.3) is 0 Å². The van der Waals surface area contributed by atoms with E-state index >= 15 is 0 Å². The second-order valence-corrected chi connectivity index (χ2v) is 6.39. The molecular weight excluding hydrogens is 312 g/mol. The molecule has 0 aliphatic heterocycles. The van der Waals surface area contributed by atoms with E-state index in [1.807, 2.05) is 24.3 Å². The lowest BCUT2D eigenvalue weighted by molar-refractivity contribution is -0.118. The molecule has 122 valence electrons. The maximum atomic E-state index is 12.0. The Morgan fingerprint density at radius 2 is 2.26 bits per heavy atom. The first kappa shape index (κ1) is 15.9. The molecule has 1 N–H and O–H groups in total. The van der Waals surface area contributed by atoms with Gasteiger partial charge in [-0.25, -0.2) is 0 Å². The lowest BCUT2D eigenvalue weighted by atomic mass is 10.1. The minimum atomic E-state index is 0.00949. The maximum absolute atomic E-state index is 12.0. The van der Waals surface area contributed by atoms with Crippen molar-refractivity contribution < 1.29 is 9.53 Å². The molecule has 1 aliphatic rings. The van der Waals surface area contributed by atoms with Gasteiger partial charge in [0.1, 0.15) is 12.1 Å².